The maximum atomic E-state index is 11.8. The van der Waals surface area contributed by atoms with Gasteiger partial charge in [0, 0.05) is 30.8 Å². The van der Waals surface area contributed by atoms with Gasteiger partial charge in [0.2, 0.25) is 5.91 Å². The van der Waals surface area contributed by atoms with Crippen LogP contribution in [-0.4, -0.2) is 35.6 Å². The van der Waals surface area contributed by atoms with Crippen LogP contribution in [0.2, 0.25) is 0 Å². The Balaban J connectivity index is 1.57. The summed E-state index contributed by atoms with van der Waals surface area (Å²) in [5.74, 6) is -0.126. The molecule has 0 saturated carbocycles. The molecule has 0 atom stereocenters. The Kier molecular flexibility index (Phi) is 7.82. The minimum Gasteiger partial charge on any atom is -0.381 e. The van der Waals surface area contributed by atoms with Crippen molar-refractivity contribution in [3.05, 3.63) is 68.0 Å². The SMILES string of the molecule is Cc1[nH]c(=O)[nH]c(=O)c1CCC(=O)NCCCOCCc1ccccc1. The highest BCUT2D eigenvalue weighted by atomic mass is 16.5. The maximum absolute atomic E-state index is 11.8. The average Bonchev–Trinajstić information content (AvgIpc) is 2.61. The van der Waals surface area contributed by atoms with Gasteiger partial charge in [0.15, 0.2) is 0 Å². The lowest BCUT2D eigenvalue weighted by Crippen LogP contribution is -2.29. The summed E-state index contributed by atoms with van der Waals surface area (Å²) in [4.78, 5) is 39.4. The van der Waals surface area contributed by atoms with E-state index < -0.39 is 11.2 Å². The predicted octanol–water partition coefficient (Wildman–Crippen LogP) is 1.07. The van der Waals surface area contributed by atoms with Crippen LogP contribution in [0.15, 0.2) is 39.9 Å². The van der Waals surface area contributed by atoms with Crippen LogP contribution in [0.3, 0.4) is 0 Å². The summed E-state index contributed by atoms with van der Waals surface area (Å²) in [6, 6.07) is 10.1. The van der Waals surface area contributed by atoms with Gasteiger partial charge in [-0.15, -0.1) is 0 Å². The molecule has 3 N–H and O–H groups in total. The van der Waals surface area contributed by atoms with Gasteiger partial charge in [-0.05, 0) is 31.7 Å². The minimum absolute atomic E-state index is 0.126. The fraction of sp³-hybridized carbons (Fsp3) is 0.421. The summed E-state index contributed by atoms with van der Waals surface area (Å²) < 4.78 is 5.56. The Morgan fingerprint density at radius 3 is 2.58 bits per heavy atom. The van der Waals surface area contributed by atoms with E-state index in [1.807, 2.05) is 18.2 Å². The molecule has 1 heterocycles. The molecule has 0 aliphatic rings. The highest BCUT2D eigenvalue weighted by Crippen LogP contribution is 2.01. The van der Waals surface area contributed by atoms with Gasteiger partial charge in [0.25, 0.3) is 5.56 Å². The van der Waals surface area contributed by atoms with Gasteiger partial charge in [0.1, 0.15) is 0 Å². The fourth-order valence-electron chi connectivity index (χ4n) is 2.59. The number of hydrogen-bond acceptors (Lipinski definition) is 4. The monoisotopic (exact) mass is 359 g/mol. The number of aryl methyl sites for hydroxylation is 1. The van der Waals surface area contributed by atoms with E-state index in [-0.39, 0.29) is 18.7 Å². The molecule has 0 aliphatic heterocycles. The number of aromatic nitrogens is 2. The van der Waals surface area contributed by atoms with Crippen molar-refractivity contribution >= 4 is 5.91 Å². The zero-order valence-electron chi connectivity index (χ0n) is 15.0. The summed E-state index contributed by atoms with van der Waals surface area (Å²) in [7, 11) is 0. The topological polar surface area (TPSA) is 104 Å². The highest BCUT2D eigenvalue weighted by molar-refractivity contribution is 5.76. The normalized spacial score (nSPS) is 10.7. The molecule has 2 rings (SSSR count). The number of hydrogen-bond donors (Lipinski definition) is 3. The molecule has 0 radical (unpaired) electrons. The number of carbonyl (C=O) groups excluding carboxylic acids is 1. The highest BCUT2D eigenvalue weighted by Gasteiger charge is 2.08. The Hall–Kier alpha value is -2.67. The van der Waals surface area contributed by atoms with Crippen LogP contribution in [0.25, 0.3) is 0 Å². The van der Waals surface area contributed by atoms with E-state index in [2.05, 4.69) is 27.4 Å². The third kappa shape index (κ3) is 6.68. The van der Waals surface area contributed by atoms with Gasteiger partial charge in [-0.3, -0.25) is 14.6 Å². The molecule has 26 heavy (non-hydrogen) atoms. The summed E-state index contributed by atoms with van der Waals surface area (Å²) in [5.41, 5.74) is 1.20. The summed E-state index contributed by atoms with van der Waals surface area (Å²) in [6.45, 7) is 3.43. The number of ether oxygens (including phenoxy) is 1. The number of aromatic amines is 2. The number of rotatable bonds is 10. The molecule has 1 amide bonds. The second-order valence-electron chi connectivity index (χ2n) is 6.06. The molecule has 0 bridgehead atoms. The Morgan fingerprint density at radius 2 is 1.85 bits per heavy atom. The van der Waals surface area contributed by atoms with E-state index in [1.54, 1.807) is 6.92 Å². The van der Waals surface area contributed by atoms with Crippen LogP contribution < -0.4 is 16.6 Å². The molecule has 0 saturated heterocycles. The third-order valence-electron chi connectivity index (χ3n) is 4.02. The van der Waals surface area contributed by atoms with Gasteiger partial charge in [-0.25, -0.2) is 4.79 Å². The van der Waals surface area contributed by atoms with Crippen molar-refractivity contribution in [1.29, 1.82) is 0 Å². The molecule has 7 heteroatoms. The minimum atomic E-state index is -0.534. The fourth-order valence-corrected chi connectivity index (χ4v) is 2.59. The molecule has 1 aromatic heterocycles. The maximum Gasteiger partial charge on any atom is 0.325 e. The Morgan fingerprint density at radius 1 is 1.08 bits per heavy atom. The number of H-pyrrole nitrogens is 2. The van der Waals surface area contributed by atoms with Crippen LogP contribution in [0, 0.1) is 6.92 Å². The second-order valence-corrected chi connectivity index (χ2v) is 6.06. The van der Waals surface area contributed by atoms with E-state index in [1.165, 1.54) is 5.56 Å². The zero-order chi connectivity index (χ0) is 18.8. The van der Waals surface area contributed by atoms with Gasteiger partial charge >= 0.3 is 5.69 Å². The molecular weight excluding hydrogens is 334 g/mol. The largest absolute Gasteiger partial charge is 0.381 e. The summed E-state index contributed by atoms with van der Waals surface area (Å²) >= 11 is 0. The van der Waals surface area contributed by atoms with Gasteiger partial charge in [-0.2, -0.15) is 0 Å². The van der Waals surface area contributed by atoms with Crippen molar-refractivity contribution in [3.8, 4) is 0 Å². The van der Waals surface area contributed by atoms with Gasteiger partial charge in [-0.1, -0.05) is 30.3 Å². The van der Waals surface area contributed by atoms with Gasteiger partial charge in [0.05, 0.1) is 6.61 Å². The molecule has 0 unspecified atom stereocenters. The van der Waals surface area contributed by atoms with Crippen molar-refractivity contribution in [2.45, 2.75) is 32.6 Å². The third-order valence-corrected chi connectivity index (χ3v) is 4.02. The van der Waals surface area contributed by atoms with Crippen LogP contribution in [0.5, 0.6) is 0 Å². The van der Waals surface area contributed by atoms with Crippen molar-refractivity contribution < 1.29 is 9.53 Å². The molecule has 7 nitrogen and oxygen atoms in total. The number of carbonyl (C=O) groups is 1. The van der Waals surface area contributed by atoms with Crippen molar-refractivity contribution in [2.75, 3.05) is 19.8 Å². The summed E-state index contributed by atoms with van der Waals surface area (Å²) in [5, 5.41) is 2.81. The number of amides is 1. The standard InChI is InChI=1S/C19H25N3O4/c1-14-16(18(24)22-19(25)21-14)8-9-17(23)20-11-5-12-26-13-10-15-6-3-2-4-7-15/h2-4,6-7H,5,8-13H2,1H3,(H,20,23)(H2,21,22,24,25). The van der Waals surface area contributed by atoms with E-state index in [4.69, 9.17) is 4.74 Å². The van der Waals surface area contributed by atoms with Crippen LogP contribution in [0.4, 0.5) is 0 Å². The molecular formula is C19H25N3O4. The first-order valence-electron chi connectivity index (χ1n) is 8.76. The van der Waals surface area contributed by atoms with Crippen LogP contribution in [-0.2, 0) is 22.4 Å². The summed E-state index contributed by atoms with van der Waals surface area (Å²) in [6.07, 6.45) is 2.10. The zero-order valence-corrected chi connectivity index (χ0v) is 15.0. The molecule has 2 aromatic rings. The van der Waals surface area contributed by atoms with Crippen molar-refractivity contribution in [3.63, 3.8) is 0 Å². The lowest BCUT2D eigenvalue weighted by molar-refractivity contribution is -0.121. The lowest BCUT2D eigenvalue weighted by Gasteiger charge is -2.07. The predicted molar refractivity (Wildman–Crippen MR) is 99.3 cm³/mol. The molecule has 140 valence electrons. The molecule has 0 aliphatic carbocycles. The Labute approximate surface area is 151 Å². The van der Waals surface area contributed by atoms with Crippen LogP contribution >= 0.6 is 0 Å². The molecule has 0 fully saturated rings. The van der Waals surface area contributed by atoms with Crippen molar-refractivity contribution in [2.24, 2.45) is 0 Å². The smallest absolute Gasteiger partial charge is 0.325 e. The van der Waals surface area contributed by atoms with E-state index in [0.717, 1.165) is 12.8 Å². The van der Waals surface area contributed by atoms with Crippen LogP contribution in [0.1, 0.15) is 29.7 Å². The second kappa shape index (κ2) is 10.4. The Bertz CT molecular complexity index is 812. The number of benzene rings is 1. The lowest BCUT2D eigenvalue weighted by atomic mass is 10.1. The quantitative estimate of drug-likeness (QED) is 0.552. The molecule has 1 aromatic carbocycles. The van der Waals surface area contributed by atoms with E-state index in [0.29, 0.717) is 31.0 Å². The van der Waals surface area contributed by atoms with Gasteiger partial charge < -0.3 is 15.0 Å². The van der Waals surface area contributed by atoms with E-state index >= 15 is 0 Å². The first-order chi connectivity index (χ1) is 12.6. The number of nitrogens with one attached hydrogen (secondary N) is 3. The van der Waals surface area contributed by atoms with E-state index in [9.17, 15) is 14.4 Å². The molecule has 0 spiro atoms. The average molecular weight is 359 g/mol. The first-order valence-corrected chi connectivity index (χ1v) is 8.76. The van der Waals surface area contributed by atoms with Crippen molar-refractivity contribution in [1.82, 2.24) is 15.3 Å². The first kappa shape index (κ1) is 19.7.